The van der Waals surface area contributed by atoms with E-state index >= 15 is 0 Å². The predicted octanol–water partition coefficient (Wildman–Crippen LogP) is 20.0. The topological polar surface area (TPSA) is 78.9 Å². The summed E-state index contributed by atoms with van der Waals surface area (Å²) in [6, 6.07) is 0. The Balaban J connectivity index is 4.52. The number of ether oxygens (including phenoxy) is 3. The highest BCUT2D eigenvalue weighted by Gasteiger charge is 2.19. The van der Waals surface area contributed by atoms with E-state index in [-0.39, 0.29) is 38.0 Å². The van der Waals surface area contributed by atoms with Gasteiger partial charge in [0.05, 0.1) is 0 Å². The van der Waals surface area contributed by atoms with Crippen LogP contribution < -0.4 is 0 Å². The maximum absolute atomic E-state index is 12.8. The molecule has 0 N–H and O–H groups in total. The van der Waals surface area contributed by atoms with Gasteiger partial charge in [-0.3, -0.25) is 14.4 Å². The molecule has 1 unspecified atom stereocenters. The molecule has 0 aliphatic heterocycles. The van der Waals surface area contributed by atoms with Gasteiger partial charge in [-0.1, -0.05) is 264 Å². The van der Waals surface area contributed by atoms with Gasteiger partial charge in [0.2, 0.25) is 0 Å². The van der Waals surface area contributed by atoms with Gasteiger partial charge in [-0.2, -0.15) is 0 Å². The Morgan fingerprint density at radius 3 is 0.903 bits per heavy atom. The fourth-order valence-corrected chi connectivity index (χ4v) is 7.87. The first-order chi connectivity index (χ1) is 35.5. The van der Waals surface area contributed by atoms with Gasteiger partial charge in [0.15, 0.2) is 6.10 Å². The first-order valence-corrected chi connectivity index (χ1v) is 29.5. The third-order valence-corrected chi connectivity index (χ3v) is 12.2. The summed E-state index contributed by atoms with van der Waals surface area (Å²) < 4.78 is 16.8. The number of hydrogen-bond acceptors (Lipinski definition) is 6. The van der Waals surface area contributed by atoms with E-state index in [1.165, 1.54) is 109 Å². The third kappa shape index (κ3) is 56.7. The number of allylic oxidation sites excluding steroid dienone is 20. The lowest BCUT2D eigenvalue weighted by Crippen LogP contribution is -2.30. The fraction of sp³-hybridized carbons (Fsp3) is 0.652. The second-order valence-electron chi connectivity index (χ2n) is 19.1. The molecule has 0 amide bonds. The lowest BCUT2D eigenvalue weighted by Gasteiger charge is -2.18. The molecular formula is C66H108O6. The van der Waals surface area contributed by atoms with Crippen LogP contribution in [0.3, 0.4) is 0 Å². The second-order valence-corrected chi connectivity index (χ2v) is 19.1. The molecule has 6 heteroatoms. The molecule has 1 atom stereocenters. The molecule has 0 heterocycles. The number of carbonyl (C=O) groups is 3. The molecule has 0 aliphatic carbocycles. The van der Waals surface area contributed by atoms with Crippen LogP contribution in [-0.2, 0) is 28.6 Å². The van der Waals surface area contributed by atoms with E-state index in [9.17, 15) is 14.4 Å². The molecule has 0 aromatic rings. The van der Waals surface area contributed by atoms with Crippen molar-refractivity contribution in [3.05, 3.63) is 122 Å². The molecule has 72 heavy (non-hydrogen) atoms. The minimum atomic E-state index is -0.838. The zero-order valence-corrected chi connectivity index (χ0v) is 46.7. The van der Waals surface area contributed by atoms with Crippen LogP contribution >= 0.6 is 0 Å². The molecule has 0 radical (unpaired) electrons. The van der Waals surface area contributed by atoms with Gasteiger partial charge in [-0.05, 0) is 96.3 Å². The van der Waals surface area contributed by atoms with E-state index in [0.29, 0.717) is 19.3 Å². The zero-order valence-electron chi connectivity index (χ0n) is 46.7. The van der Waals surface area contributed by atoms with Crippen LogP contribution in [0.15, 0.2) is 122 Å². The molecule has 0 aromatic carbocycles. The summed E-state index contributed by atoms with van der Waals surface area (Å²) in [4.78, 5) is 38.2. The molecule has 0 rings (SSSR count). The van der Waals surface area contributed by atoms with Gasteiger partial charge in [0, 0.05) is 19.3 Å². The fourth-order valence-electron chi connectivity index (χ4n) is 7.87. The van der Waals surface area contributed by atoms with E-state index in [1.807, 2.05) is 12.2 Å². The Morgan fingerprint density at radius 1 is 0.292 bits per heavy atom. The summed E-state index contributed by atoms with van der Waals surface area (Å²) in [5.74, 6) is -1.05. The van der Waals surface area contributed by atoms with Crippen molar-refractivity contribution in [1.29, 1.82) is 0 Å². The maximum Gasteiger partial charge on any atom is 0.306 e. The van der Waals surface area contributed by atoms with E-state index in [1.54, 1.807) is 0 Å². The number of unbranched alkanes of at least 4 members (excludes halogenated alkanes) is 21. The van der Waals surface area contributed by atoms with Crippen molar-refractivity contribution < 1.29 is 28.6 Å². The van der Waals surface area contributed by atoms with E-state index in [2.05, 4.69) is 130 Å². The summed E-state index contributed by atoms with van der Waals surface area (Å²) in [5.41, 5.74) is 0. The van der Waals surface area contributed by atoms with Crippen molar-refractivity contribution >= 4 is 17.9 Å². The minimum absolute atomic E-state index is 0.122. The lowest BCUT2D eigenvalue weighted by atomic mass is 10.0. The molecule has 408 valence electrons. The van der Waals surface area contributed by atoms with Gasteiger partial charge in [-0.25, -0.2) is 0 Å². The van der Waals surface area contributed by atoms with Gasteiger partial charge in [0.1, 0.15) is 13.2 Å². The molecule has 0 saturated carbocycles. The monoisotopic (exact) mass is 997 g/mol. The minimum Gasteiger partial charge on any atom is -0.462 e. The summed E-state index contributed by atoms with van der Waals surface area (Å²) in [6.07, 6.45) is 82.1. The third-order valence-electron chi connectivity index (χ3n) is 12.2. The molecule has 0 bridgehead atoms. The van der Waals surface area contributed by atoms with Crippen LogP contribution in [0.25, 0.3) is 0 Å². The summed E-state index contributed by atoms with van der Waals surface area (Å²) in [6.45, 7) is 6.32. The number of rotatable bonds is 52. The molecule has 0 saturated heterocycles. The Hall–Kier alpha value is -4.19. The van der Waals surface area contributed by atoms with Crippen molar-refractivity contribution in [3.63, 3.8) is 0 Å². The molecule has 6 nitrogen and oxygen atoms in total. The first kappa shape index (κ1) is 67.8. The quantitative estimate of drug-likeness (QED) is 0.0261. The second kappa shape index (κ2) is 59.4. The lowest BCUT2D eigenvalue weighted by molar-refractivity contribution is -0.166. The van der Waals surface area contributed by atoms with Crippen LogP contribution in [-0.4, -0.2) is 37.2 Å². The highest BCUT2D eigenvalue weighted by molar-refractivity contribution is 5.71. The first-order valence-electron chi connectivity index (χ1n) is 29.5. The van der Waals surface area contributed by atoms with Crippen LogP contribution in [0.2, 0.25) is 0 Å². The summed E-state index contributed by atoms with van der Waals surface area (Å²) >= 11 is 0. The maximum atomic E-state index is 12.8. The van der Waals surface area contributed by atoms with Crippen LogP contribution in [0.4, 0.5) is 0 Å². The van der Waals surface area contributed by atoms with Crippen molar-refractivity contribution in [2.24, 2.45) is 0 Å². The highest BCUT2D eigenvalue weighted by atomic mass is 16.6. The van der Waals surface area contributed by atoms with Gasteiger partial charge >= 0.3 is 17.9 Å². The van der Waals surface area contributed by atoms with Crippen molar-refractivity contribution in [3.8, 4) is 0 Å². The SMILES string of the molecule is CC/C=C\C/C=C\C/C=C\C/C=C\C/C=C\C/C=C\CCC(=O)OC(COC(=O)CCCC/C=C\C/C=C\C/C=C\C/C=C\CC)COC(=O)CCCCCCCCCCCCCCCCCCCCCC. The van der Waals surface area contributed by atoms with Gasteiger partial charge < -0.3 is 14.2 Å². The van der Waals surface area contributed by atoms with Gasteiger partial charge in [0.25, 0.3) is 0 Å². The standard InChI is InChI=1S/C66H108O6/c1-4-7-10-13-16-19-22-25-28-30-32-34-35-38-41-44-47-50-53-56-59-65(68)71-62-63(61-70-64(67)58-55-52-49-46-43-40-37-27-24-21-18-15-12-9-6-3)72-66(69)60-57-54-51-48-45-42-39-36-33-31-29-26-23-20-17-14-11-8-5-2/h8-9,11-12,17-18,20-21,26-27,29,33,36-37,42-43,45-46,51,54,63H,4-7,10,13-16,19,22-25,28,30-32,34-35,38-41,44,47-50,52-53,55-62H2,1-3H3/b11-8-,12-9-,20-17-,21-18-,29-26-,36-33-,37-27-,45-42-,46-43-,54-51-. The molecular weight excluding hydrogens is 889 g/mol. The number of hydrogen-bond donors (Lipinski definition) is 0. The van der Waals surface area contributed by atoms with Crippen LogP contribution in [0, 0.1) is 0 Å². The van der Waals surface area contributed by atoms with Crippen molar-refractivity contribution in [2.75, 3.05) is 13.2 Å². The average Bonchev–Trinajstić information content (AvgIpc) is 3.38. The Morgan fingerprint density at radius 2 is 0.569 bits per heavy atom. The number of carbonyl (C=O) groups excluding carboxylic acids is 3. The summed E-state index contributed by atoms with van der Waals surface area (Å²) in [7, 11) is 0. The smallest absolute Gasteiger partial charge is 0.306 e. The van der Waals surface area contributed by atoms with E-state index in [4.69, 9.17) is 14.2 Å². The zero-order chi connectivity index (χ0) is 52.2. The van der Waals surface area contributed by atoms with Gasteiger partial charge in [-0.15, -0.1) is 0 Å². The average molecular weight is 998 g/mol. The Bertz CT molecular complexity index is 1520. The Labute approximate surface area is 443 Å². The highest BCUT2D eigenvalue weighted by Crippen LogP contribution is 2.16. The molecule has 0 aromatic heterocycles. The van der Waals surface area contributed by atoms with E-state index < -0.39 is 12.1 Å². The largest absolute Gasteiger partial charge is 0.462 e. The van der Waals surface area contributed by atoms with Crippen molar-refractivity contribution in [1.82, 2.24) is 0 Å². The molecule has 0 aliphatic rings. The van der Waals surface area contributed by atoms with Crippen LogP contribution in [0.5, 0.6) is 0 Å². The Kier molecular flexibility index (Phi) is 55.9. The number of esters is 3. The molecule has 0 spiro atoms. The molecule has 0 fully saturated rings. The normalized spacial score (nSPS) is 13.0. The predicted molar refractivity (Wildman–Crippen MR) is 311 cm³/mol. The van der Waals surface area contributed by atoms with Crippen LogP contribution in [0.1, 0.15) is 258 Å². The summed E-state index contributed by atoms with van der Waals surface area (Å²) in [5, 5.41) is 0. The van der Waals surface area contributed by atoms with Crippen molar-refractivity contribution in [2.45, 2.75) is 264 Å². The van der Waals surface area contributed by atoms with E-state index in [0.717, 1.165) is 96.3 Å².